The van der Waals surface area contributed by atoms with Crippen LogP contribution in [0.4, 0.5) is 0 Å². The molecule has 6 heteroatoms. The van der Waals surface area contributed by atoms with Crippen molar-refractivity contribution in [2.75, 3.05) is 38.6 Å². The van der Waals surface area contributed by atoms with Gasteiger partial charge in [0.05, 0.1) is 12.4 Å². The van der Waals surface area contributed by atoms with Crippen LogP contribution in [0.2, 0.25) is 0 Å². The lowest BCUT2D eigenvalue weighted by atomic mass is 10.1. The van der Waals surface area contributed by atoms with Gasteiger partial charge in [0.25, 0.3) is 0 Å². The third-order valence-corrected chi connectivity index (χ3v) is 4.14. The molecule has 0 rings (SSSR count). The van der Waals surface area contributed by atoms with Crippen LogP contribution in [0.3, 0.4) is 0 Å². The molecule has 0 fully saturated rings. The van der Waals surface area contributed by atoms with Crippen molar-refractivity contribution in [2.45, 2.75) is 40.0 Å². The van der Waals surface area contributed by atoms with Crippen LogP contribution in [-0.2, 0) is 14.8 Å². The van der Waals surface area contributed by atoms with E-state index in [1.165, 1.54) is 0 Å². The molecule has 0 aliphatic heterocycles. The molecule has 0 atom stereocenters. The smallest absolute Gasteiger partial charge is 0.211 e. The average molecular weight is 294 g/mol. The number of unbranched alkanes of at least 4 members (excludes halogenated alkanes) is 1. The van der Waals surface area contributed by atoms with E-state index >= 15 is 0 Å². The monoisotopic (exact) mass is 294 g/mol. The van der Waals surface area contributed by atoms with Gasteiger partial charge in [-0.15, -0.1) is 0 Å². The zero-order valence-electron chi connectivity index (χ0n) is 12.6. The van der Waals surface area contributed by atoms with E-state index in [0.717, 1.165) is 25.9 Å². The first-order valence-electron chi connectivity index (χ1n) is 7.23. The second kappa shape index (κ2) is 11.6. The fourth-order valence-corrected chi connectivity index (χ4v) is 2.60. The third kappa shape index (κ3) is 14.1. The van der Waals surface area contributed by atoms with Gasteiger partial charge < -0.3 is 10.1 Å². The van der Waals surface area contributed by atoms with E-state index < -0.39 is 10.0 Å². The lowest BCUT2D eigenvalue weighted by Crippen LogP contribution is -2.30. The molecule has 5 nitrogen and oxygen atoms in total. The Balaban J connectivity index is 3.46. The molecule has 2 N–H and O–H groups in total. The summed E-state index contributed by atoms with van der Waals surface area (Å²) in [4.78, 5) is 0. The van der Waals surface area contributed by atoms with Crippen molar-refractivity contribution in [1.29, 1.82) is 0 Å². The number of hydrogen-bond acceptors (Lipinski definition) is 4. The normalized spacial score (nSPS) is 12.2. The van der Waals surface area contributed by atoms with Crippen molar-refractivity contribution >= 4 is 10.0 Å². The molecule has 0 aromatic rings. The summed E-state index contributed by atoms with van der Waals surface area (Å²) in [6, 6.07) is 0. The molecule has 0 aliphatic rings. The number of sulfonamides is 1. The summed E-state index contributed by atoms with van der Waals surface area (Å²) in [5, 5.41) is 3.17. The van der Waals surface area contributed by atoms with Crippen LogP contribution in [0, 0.1) is 5.92 Å². The minimum atomic E-state index is -3.13. The predicted octanol–water partition coefficient (Wildman–Crippen LogP) is 1.36. The lowest BCUT2D eigenvalue weighted by Gasteiger charge is -2.08. The van der Waals surface area contributed by atoms with Gasteiger partial charge in [0.1, 0.15) is 0 Å². The molecule has 0 radical (unpaired) electrons. The highest BCUT2D eigenvalue weighted by molar-refractivity contribution is 7.89. The predicted molar refractivity (Wildman–Crippen MR) is 79.8 cm³/mol. The Labute approximate surface area is 118 Å². The van der Waals surface area contributed by atoms with Crippen molar-refractivity contribution in [3.63, 3.8) is 0 Å². The summed E-state index contributed by atoms with van der Waals surface area (Å²) in [7, 11) is -3.13. The number of ether oxygens (including phenoxy) is 1. The SMILES string of the molecule is CCNCCCCS(=O)(=O)NCCOCCC(C)C. The van der Waals surface area contributed by atoms with Crippen LogP contribution in [0.5, 0.6) is 0 Å². The molecule has 0 amide bonds. The highest BCUT2D eigenvalue weighted by Gasteiger charge is 2.08. The molecule has 0 aliphatic carbocycles. The van der Waals surface area contributed by atoms with E-state index in [1.807, 2.05) is 6.92 Å². The minimum Gasteiger partial charge on any atom is -0.380 e. The summed E-state index contributed by atoms with van der Waals surface area (Å²) in [5.41, 5.74) is 0. The first-order valence-corrected chi connectivity index (χ1v) is 8.89. The van der Waals surface area contributed by atoms with Crippen molar-refractivity contribution < 1.29 is 13.2 Å². The van der Waals surface area contributed by atoms with Crippen LogP contribution in [0.25, 0.3) is 0 Å². The topological polar surface area (TPSA) is 67.4 Å². The average Bonchev–Trinajstić information content (AvgIpc) is 2.33. The Morgan fingerprint density at radius 1 is 1.11 bits per heavy atom. The second-order valence-corrected chi connectivity index (χ2v) is 7.00. The zero-order chi connectivity index (χ0) is 14.6. The van der Waals surface area contributed by atoms with Gasteiger partial charge in [-0.25, -0.2) is 13.1 Å². The maximum Gasteiger partial charge on any atom is 0.211 e. The van der Waals surface area contributed by atoms with Gasteiger partial charge in [-0.05, 0) is 38.3 Å². The molecule has 0 unspecified atom stereocenters. The Bertz CT molecular complexity index is 292. The highest BCUT2D eigenvalue weighted by Crippen LogP contribution is 1.98. The van der Waals surface area contributed by atoms with Crippen molar-refractivity contribution in [1.82, 2.24) is 10.0 Å². The van der Waals surface area contributed by atoms with E-state index in [1.54, 1.807) is 0 Å². The maximum absolute atomic E-state index is 11.6. The minimum absolute atomic E-state index is 0.199. The first kappa shape index (κ1) is 18.8. The molecular formula is C13H30N2O3S. The van der Waals surface area contributed by atoms with Crippen molar-refractivity contribution in [3.8, 4) is 0 Å². The van der Waals surface area contributed by atoms with Gasteiger partial charge in [-0.1, -0.05) is 20.8 Å². The summed E-state index contributed by atoms with van der Waals surface area (Å²) in [6.45, 7) is 9.64. The standard InChI is InChI=1S/C13H30N2O3S/c1-4-14-8-5-6-12-19(16,17)15-9-11-18-10-7-13(2)3/h13-15H,4-12H2,1-3H3. The zero-order valence-corrected chi connectivity index (χ0v) is 13.4. The van der Waals surface area contributed by atoms with Gasteiger partial charge in [-0.2, -0.15) is 0 Å². The first-order chi connectivity index (χ1) is 8.98. The van der Waals surface area contributed by atoms with E-state index in [9.17, 15) is 8.42 Å². The van der Waals surface area contributed by atoms with E-state index in [0.29, 0.717) is 32.1 Å². The van der Waals surface area contributed by atoms with E-state index in [4.69, 9.17) is 4.74 Å². The highest BCUT2D eigenvalue weighted by atomic mass is 32.2. The fourth-order valence-electron chi connectivity index (χ4n) is 1.48. The molecule has 0 saturated heterocycles. The Morgan fingerprint density at radius 3 is 2.47 bits per heavy atom. The Kier molecular flexibility index (Phi) is 11.5. The molecule has 0 bridgehead atoms. The fraction of sp³-hybridized carbons (Fsp3) is 1.00. The molecular weight excluding hydrogens is 264 g/mol. The lowest BCUT2D eigenvalue weighted by molar-refractivity contribution is 0.128. The molecule has 0 spiro atoms. The van der Waals surface area contributed by atoms with Gasteiger partial charge in [0, 0.05) is 13.2 Å². The van der Waals surface area contributed by atoms with Crippen LogP contribution < -0.4 is 10.0 Å². The molecule has 0 aromatic heterocycles. The van der Waals surface area contributed by atoms with Gasteiger partial charge in [0.15, 0.2) is 0 Å². The molecule has 116 valence electrons. The van der Waals surface area contributed by atoms with Crippen LogP contribution in [0.1, 0.15) is 40.0 Å². The van der Waals surface area contributed by atoms with Crippen LogP contribution in [-0.4, -0.2) is 47.0 Å². The molecule has 0 saturated carbocycles. The van der Waals surface area contributed by atoms with E-state index in [-0.39, 0.29) is 5.75 Å². The number of nitrogens with one attached hydrogen (secondary N) is 2. The van der Waals surface area contributed by atoms with Crippen LogP contribution in [0.15, 0.2) is 0 Å². The summed E-state index contributed by atoms with van der Waals surface area (Å²) >= 11 is 0. The maximum atomic E-state index is 11.6. The van der Waals surface area contributed by atoms with Crippen molar-refractivity contribution in [2.24, 2.45) is 5.92 Å². The third-order valence-electron chi connectivity index (χ3n) is 2.67. The summed E-state index contributed by atoms with van der Waals surface area (Å²) in [5.74, 6) is 0.818. The van der Waals surface area contributed by atoms with Crippen LogP contribution >= 0.6 is 0 Å². The molecule has 0 aromatic carbocycles. The van der Waals surface area contributed by atoms with Gasteiger partial charge in [0.2, 0.25) is 10.0 Å². The van der Waals surface area contributed by atoms with E-state index in [2.05, 4.69) is 23.9 Å². The Hall–Kier alpha value is -0.170. The largest absolute Gasteiger partial charge is 0.380 e. The van der Waals surface area contributed by atoms with Gasteiger partial charge in [-0.3, -0.25) is 0 Å². The summed E-state index contributed by atoms with van der Waals surface area (Å²) < 4.78 is 31.2. The molecule has 0 heterocycles. The number of rotatable bonds is 13. The second-order valence-electron chi connectivity index (χ2n) is 5.07. The quantitative estimate of drug-likeness (QED) is 0.503. The summed E-state index contributed by atoms with van der Waals surface area (Å²) in [6.07, 6.45) is 2.59. The van der Waals surface area contributed by atoms with Crippen molar-refractivity contribution in [3.05, 3.63) is 0 Å². The molecule has 19 heavy (non-hydrogen) atoms. The van der Waals surface area contributed by atoms with Gasteiger partial charge >= 0.3 is 0 Å². The number of hydrogen-bond donors (Lipinski definition) is 2. The Morgan fingerprint density at radius 2 is 1.84 bits per heavy atom.